The first-order valence-electron chi connectivity index (χ1n) is 14.2. The molecule has 2 aliphatic rings. The van der Waals surface area contributed by atoms with Crippen LogP contribution in [0.4, 0.5) is 20.2 Å². The summed E-state index contributed by atoms with van der Waals surface area (Å²) < 4.78 is 37.9. The first-order chi connectivity index (χ1) is 21.6. The number of hydrogen-bond donors (Lipinski definition) is 1. The lowest BCUT2D eigenvalue weighted by Crippen LogP contribution is -2.43. The Labute approximate surface area is 257 Å². The Hall–Kier alpha value is -5.23. The molecule has 10 nitrogen and oxygen atoms in total. The fourth-order valence-electron chi connectivity index (χ4n) is 5.25. The van der Waals surface area contributed by atoms with E-state index in [4.69, 9.17) is 9.47 Å². The molecule has 12 heteroatoms. The van der Waals surface area contributed by atoms with Crippen LogP contribution >= 0.6 is 0 Å². The number of esters is 2. The summed E-state index contributed by atoms with van der Waals surface area (Å²) in [6.45, 7) is 2.91. The van der Waals surface area contributed by atoms with E-state index >= 15 is 0 Å². The number of piperidine rings is 1. The van der Waals surface area contributed by atoms with Crippen molar-refractivity contribution < 1.29 is 42.2 Å². The third-order valence-corrected chi connectivity index (χ3v) is 7.52. The van der Waals surface area contributed by atoms with Crippen LogP contribution in [0.3, 0.4) is 0 Å². The second-order valence-electron chi connectivity index (χ2n) is 10.6. The quantitative estimate of drug-likeness (QED) is 0.222. The topological polar surface area (TPSA) is 122 Å². The summed E-state index contributed by atoms with van der Waals surface area (Å²) in [7, 11) is 0. The molecule has 2 aliphatic heterocycles. The first kappa shape index (κ1) is 31.2. The average molecular weight is 618 g/mol. The maximum Gasteiger partial charge on any atom is 0.336 e. The standard InChI is InChI=1S/C33H29F2N3O7/c1-20(39)36-27-11-10-26(31-32(27)45-29(41)13-12-28(40)44-31)33(43)38(25-8-6-24(35)7-9-25)19-18-37-16-14-22(15-17-37)30(42)21-2-4-23(34)5-3-21/h2-13,22H,14-19H2,1H3,(H,36,39)/b13-12+. The lowest BCUT2D eigenvalue weighted by Gasteiger charge is -2.33. The van der Waals surface area contributed by atoms with Crippen molar-refractivity contribution in [3.63, 3.8) is 0 Å². The minimum Gasteiger partial charge on any atom is -0.418 e. The minimum atomic E-state index is -0.937. The van der Waals surface area contributed by atoms with Crippen molar-refractivity contribution in [2.24, 2.45) is 5.92 Å². The second kappa shape index (κ2) is 13.6. The third-order valence-electron chi connectivity index (χ3n) is 7.52. The van der Waals surface area contributed by atoms with Crippen LogP contribution in [0.15, 0.2) is 72.8 Å². The minimum absolute atomic E-state index is 0.0110. The molecule has 5 rings (SSSR count). The molecule has 0 spiro atoms. The predicted octanol–water partition coefficient (Wildman–Crippen LogP) is 4.55. The number of benzene rings is 3. The van der Waals surface area contributed by atoms with Gasteiger partial charge >= 0.3 is 11.9 Å². The van der Waals surface area contributed by atoms with E-state index in [-0.39, 0.29) is 41.0 Å². The van der Waals surface area contributed by atoms with Crippen LogP contribution in [0.1, 0.15) is 40.5 Å². The SMILES string of the molecule is CC(=O)Nc1ccc(C(=O)N(CCN2CCC(C(=O)c3ccc(F)cc3)CC2)c2ccc(F)cc2)c2c1OC(=O)/C=C/C(=O)O2. The number of ether oxygens (including phenoxy) is 2. The number of halogens is 2. The number of Topliss-reactive ketones (excluding diaryl/α,β-unsaturated/α-hetero) is 1. The summed E-state index contributed by atoms with van der Waals surface area (Å²) >= 11 is 0. The normalized spacial score (nSPS) is 16.0. The number of anilines is 2. The van der Waals surface area contributed by atoms with Crippen molar-refractivity contribution >= 4 is 40.9 Å². The average Bonchev–Trinajstić information content (AvgIpc) is 3.02. The molecule has 2 heterocycles. The largest absolute Gasteiger partial charge is 0.418 e. The highest BCUT2D eigenvalue weighted by Crippen LogP contribution is 2.41. The monoisotopic (exact) mass is 617 g/mol. The molecule has 3 aromatic rings. The van der Waals surface area contributed by atoms with E-state index in [2.05, 4.69) is 10.2 Å². The summed E-state index contributed by atoms with van der Waals surface area (Å²) in [5.41, 5.74) is 0.695. The maximum absolute atomic E-state index is 14.1. The van der Waals surface area contributed by atoms with Gasteiger partial charge in [-0.1, -0.05) is 0 Å². The van der Waals surface area contributed by atoms with E-state index < -0.39 is 35.4 Å². The Balaban J connectivity index is 1.38. The Morgan fingerprint density at radius 1 is 0.844 bits per heavy atom. The number of ketones is 1. The molecule has 0 aromatic heterocycles. The van der Waals surface area contributed by atoms with E-state index in [1.54, 1.807) is 0 Å². The molecule has 45 heavy (non-hydrogen) atoms. The zero-order chi connectivity index (χ0) is 32.1. The van der Waals surface area contributed by atoms with E-state index in [9.17, 15) is 32.8 Å². The number of nitrogens with one attached hydrogen (secondary N) is 1. The summed E-state index contributed by atoms with van der Waals surface area (Å²) in [6, 6.07) is 13.5. The number of amides is 2. The van der Waals surface area contributed by atoms with Gasteiger partial charge in [-0.25, -0.2) is 18.4 Å². The third kappa shape index (κ3) is 7.47. The smallest absolute Gasteiger partial charge is 0.336 e. The number of nitrogens with zero attached hydrogens (tertiary/aromatic N) is 2. The van der Waals surface area contributed by atoms with Gasteiger partial charge in [-0.2, -0.15) is 0 Å². The highest BCUT2D eigenvalue weighted by Gasteiger charge is 2.31. The molecule has 1 saturated heterocycles. The van der Waals surface area contributed by atoms with E-state index in [0.717, 1.165) is 12.2 Å². The molecule has 232 valence electrons. The first-order valence-corrected chi connectivity index (χ1v) is 14.2. The van der Waals surface area contributed by atoms with Crippen LogP contribution in [0, 0.1) is 17.6 Å². The van der Waals surface area contributed by atoms with Gasteiger partial charge in [0.05, 0.1) is 11.3 Å². The molecule has 1 fully saturated rings. The fraction of sp³-hybridized carbons (Fsp3) is 0.242. The molecule has 0 radical (unpaired) electrons. The zero-order valence-corrected chi connectivity index (χ0v) is 24.3. The Morgan fingerprint density at radius 2 is 1.42 bits per heavy atom. The Morgan fingerprint density at radius 3 is 2.02 bits per heavy atom. The summed E-state index contributed by atoms with van der Waals surface area (Å²) in [4.78, 5) is 67.0. The molecule has 0 atom stereocenters. The lowest BCUT2D eigenvalue weighted by molar-refractivity contribution is -0.133. The van der Waals surface area contributed by atoms with Crippen LogP contribution in [0.2, 0.25) is 0 Å². The van der Waals surface area contributed by atoms with Gasteiger partial charge in [-0.05, 0) is 86.6 Å². The van der Waals surface area contributed by atoms with Gasteiger partial charge in [0.15, 0.2) is 17.3 Å². The lowest BCUT2D eigenvalue weighted by atomic mass is 9.89. The van der Waals surface area contributed by atoms with Crippen LogP contribution in [0.5, 0.6) is 11.5 Å². The number of carbonyl (C=O) groups excluding carboxylic acids is 5. The van der Waals surface area contributed by atoms with Crippen molar-refractivity contribution in [1.82, 2.24) is 4.90 Å². The second-order valence-corrected chi connectivity index (χ2v) is 10.6. The molecular formula is C33H29F2N3O7. The van der Waals surface area contributed by atoms with E-state index in [1.807, 2.05) is 0 Å². The number of likely N-dealkylation sites (tertiary alicyclic amines) is 1. The molecule has 1 N–H and O–H groups in total. The van der Waals surface area contributed by atoms with Gasteiger partial charge in [0.2, 0.25) is 5.91 Å². The van der Waals surface area contributed by atoms with Gasteiger partial charge in [-0.15, -0.1) is 0 Å². The predicted molar refractivity (Wildman–Crippen MR) is 159 cm³/mol. The molecule has 0 unspecified atom stereocenters. The van der Waals surface area contributed by atoms with Gasteiger partial charge in [0, 0.05) is 49.3 Å². The zero-order valence-electron chi connectivity index (χ0n) is 24.3. The number of carbonyl (C=O) groups is 5. The Bertz CT molecular complexity index is 1660. The summed E-state index contributed by atoms with van der Waals surface area (Å²) in [5, 5.41) is 2.50. The van der Waals surface area contributed by atoms with Crippen molar-refractivity contribution in [3.05, 3.63) is 95.6 Å². The van der Waals surface area contributed by atoms with Gasteiger partial charge in [0.1, 0.15) is 11.6 Å². The highest BCUT2D eigenvalue weighted by molar-refractivity contribution is 6.11. The molecular weight excluding hydrogens is 588 g/mol. The van der Waals surface area contributed by atoms with Crippen LogP contribution in [0.25, 0.3) is 0 Å². The van der Waals surface area contributed by atoms with Gasteiger partial charge in [0.25, 0.3) is 5.91 Å². The fourth-order valence-corrected chi connectivity index (χ4v) is 5.25. The van der Waals surface area contributed by atoms with Gasteiger partial charge in [-0.3, -0.25) is 14.4 Å². The van der Waals surface area contributed by atoms with Crippen molar-refractivity contribution in [2.75, 3.05) is 36.4 Å². The van der Waals surface area contributed by atoms with E-state index in [0.29, 0.717) is 43.7 Å². The van der Waals surface area contributed by atoms with Crippen LogP contribution in [-0.2, 0) is 14.4 Å². The number of hydrogen-bond acceptors (Lipinski definition) is 8. The highest BCUT2D eigenvalue weighted by atomic mass is 19.1. The maximum atomic E-state index is 14.1. The molecule has 0 bridgehead atoms. The summed E-state index contributed by atoms with van der Waals surface area (Å²) in [6.07, 6.45) is 2.87. The number of rotatable bonds is 8. The number of fused-ring (bicyclic) bond motifs is 1. The molecule has 3 aromatic carbocycles. The van der Waals surface area contributed by atoms with Crippen LogP contribution < -0.4 is 19.7 Å². The van der Waals surface area contributed by atoms with Crippen molar-refractivity contribution in [1.29, 1.82) is 0 Å². The Kier molecular flexibility index (Phi) is 9.43. The van der Waals surface area contributed by atoms with Crippen molar-refractivity contribution in [3.8, 4) is 11.5 Å². The van der Waals surface area contributed by atoms with Crippen molar-refractivity contribution in [2.45, 2.75) is 19.8 Å². The van der Waals surface area contributed by atoms with Gasteiger partial charge < -0.3 is 24.6 Å². The molecule has 2 amide bonds. The summed E-state index contributed by atoms with van der Waals surface area (Å²) in [5.74, 6) is -4.82. The van der Waals surface area contributed by atoms with Crippen LogP contribution in [-0.4, -0.2) is 60.6 Å². The molecule has 0 saturated carbocycles. The molecule has 0 aliphatic carbocycles. The van der Waals surface area contributed by atoms with E-state index in [1.165, 1.54) is 72.5 Å².